The molecule has 2 aromatic rings. The van der Waals surface area contributed by atoms with E-state index in [2.05, 4.69) is 5.32 Å². The molecular weight excluding hydrogens is 388 g/mol. The first-order chi connectivity index (χ1) is 13.9. The molecule has 2 aromatic carbocycles. The van der Waals surface area contributed by atoms with Crippen LogP contribution in [-0.4, -0.2) is 33.7 Å². The first-order valence-corrected chi connectivity index (χ1v) is 11.5. The number of amides is 1. The van der Waals surface area contributed by atoms with Crippen LogP contribution < -0.4 is 14.4 Å². The smallest absolute Gasteiger partial charge is 0.251 e. The van der Waals surface area contributed by atoms with Gasteiger partial charge in [0.2, 0.25) is 10.0 Å². The van der Waals surface area contributed by atoms with Crippen molar-refractivity contribution in [3.8, 4) is 5.75 Å². The molecule has 0 bridgehead atoms. The third kappa shape index (κ3) is 4.72. The summed E-state index contributed by atoms with van der Waals surface area (Å²) in [6.45, 7) is 4.44. The number of nitrogens with zero attached hydrogens (tertiary/aromatic N) is 1. The zero-order valence-corrected chi connectivity index (χ0v) is 18.0. The van der Waals surface area contributed by atoms with Crippen molar-refractivity contribution in [2.75, 3.05) is 23.7 Å². The molecule has 0 aromatic heterocycles. The number of hydrogen-bond acceptors (Lipinski definition) is 4. The number of carbonyl (C=O) groups is 1. The van der Waals surface area contributed by atoms with Crippen LogP contribution in [0.2, 0.25) is 0 Å². The standard InChI is InChI=1S/C22H28N2O4S/c1-4-20(17-10-11-21(28-3)16(2)14-17)23-22(25)18-8-7-9-19(15-18)24-12-5-6-13-29(24,26)27/h7-11,14-15,20H,4-6,12-13H2,1-3H3,(H,23,25). The van der Waals surface area contributed by atoms with Gasteiger partial charge in [0.05, 0.1) is 24.6 Å². The summed E-state index contributed by atoms with van der Waals surface area (Å²) in [4.78, 5) is 12.9. The molecule has 0 saturated carbocycles. The number of methoxy groups -OCH3 is 1. The minimum Gasteiger partial charge on any atom is -0.496 e. The number of hydrogen-bond donors (Lipinski definition) is 1. The highest BCUT2D eigenvalue weighted by Crippen LogP contribution is 2.26. The molecule has 1 heterocycles. The van der Waals surface area contributed by atoms with E-state index in [1.165, 1.54) is 4.31 Å². The van der Waals surface area contributed by atoms with E-state index in [4.69, 9.17) is 4.74 Å². The van der Waals surface area contributed by atoms with Crippen LogP contribution in [0.3, 0.4) is 0 Å². The Morgan fingerprint density at radius 1 is 1.21 bits per heavy atom. The molecule has 0 radical (unpaired) electrons. The van der Waals surface area contributed by atoms with E-state index >= 15 is 0 Å². The van der Waals surface area contributed by atoms with Crippen molar-refractivity contribution < 1.29 is 17.9 Å². The summed E-state index contributed by atoms with van der Waals surface area (Å²) in [5.41, 5.74) is 3.02. The Hall–Kier alpha value is -2.54. The highest BCUT2D eigenvalue weighted by molar-refractivity contribution is 7.92. The van der Waals surface area contributed by atoms with Crippen molar-refractivity contribution >= 4 is 21.6 Å². The lowest BCUT2D eigenvalue weighted by Crippen LogP contribution is -2.38. The van der Waals surface area contributed by atoms with Gasteiger partial charge in [-0.15, -0.1) is 0 Å². The Balaban J connectivity index is 1.80. The van der Waals surface area contributed by atoms with Crippen LogP contribution >= 0.6 is 0 Å². The molecule has 3 rings (SSSR count). The van der Waals surface area contributed by atoms with Gasteiger partial charge in [0.15, 0.2) is 0 Å². The fourth-order valence-corrected chi connectivity index (χ4v) is 5.29. The molecule has 1 fully saturated rings. The van der Waals surface area contributed by atoms with Crippen LogP contribution in [-0.2, 0) is 10.0 Å². The van der Waals surface area contributed by atoms with Crippen molar-refractivity contribution in [3.63, 3.8) is 0 Å². The van der Waals surface area contributed by atoms with Crippen molar-refractivity contribution in [1.29, 1.82) is 0 Å². The molecule has 1 aliphatic rings. The van der Waals surface area contributed by atoms with Gasteiger partial charge in [-0.1, -0.05) is 25.1 Å². The maximum absolute atomic E-state index is 12.9. The summed E-state index contributed by atoms with van der Waals surface area (Å²) in [6, 6.07) is 12.6. The number of carbonyl (C=O) groups excluding carboxylic acids is 1. The van der Waals surface area contributed by atoms with Crippen LogP contribution in [0.5, 0.6) is 5.75 Å². The quantitative estimate of drug-likeness (QED) is 0.777. The van der Waals surface area contributed by atoms with Crippen LogP contribution in [0, 0.1) is 6.92 Å². The summed E-state index contributed by atoms with van der Waals surface area (Å²) in [5, 5.41) is 3.07. The second-order valence-electron chi connectivity index (χ2n) is 7.31. The van der Waals surface area contributed by atoms with Crippen LogP contribution in [0.1, 0.15) is 53.7 Å². The largest absolute Gasteiger partial charge is 0.496 e. The third-order valence-electron chi connectivity index (χ3n) is 5.28. The minimum absolute atomic E-state index is 0.144. The average molecular weight is 417 g/mol. The maximum atomic E-state index is 12.9. The molecule has 1 N–H and O–H groups in total. The topological polar surface area (TPSA) is 75.7 Å². The summed E-state index contributed by atoms with van der Waals surface area (Å²) in [7, 11) is -1.68. The van der Waals surface area contributed by atoms with Crippen molar-refractivity contribution in [2.45, 2.75) is 39.2 Å². The van der Waals surface area contributed by atoms with Gasteiger partial charge < -0.3 is 10.1 Å². The molecule has 1 saturated heterocycles. The molecule has 29 heavy (non-hydrogen) atoms. The number of rotatable bonds is 6. The summed E-state index contributed by atoms with van der Waals surface area (Å²) in [6.07, 6.45) is 2.24. The van der Waals surface area contributed by atoms with E-state index in [9.17, 15) is 13.2 Å². The summed E-state index contributed by atoms with van der Waals surface area (Å²) < 4.78 is 31.5. The Morgan fingerprint density at radius 3 is 2.66 bits per heavy atom. The first-order valence-electron chi connectivity index (χ1n) is 9.91. The molecule has 1 atom stereocenters. The number of sulfonamides is 1. The zero-order chi connectivity index (χ0) is 21.0. The lowest BCUT2D eigenvalue weighted by Gasteiger charge is -2.28. The lowest BCUT2D eigenvalue weighted by molar-refractivity contribution is 0.0935. The molecular formula is C22H28N2O4S. The fourth-order valence-electron chi connectivity index (χ4n) is 3.66. The van der Waals surface area contributed by atoms with Crippen LogP contribution in [0.25, 0.3) is 0 Å². The lowest BCUT2D eigenvalue weighted by atomic mass is 10.0. The highest BCUT2D eigenvalue weighted by atomic mass is 32.2. The normalized spacial score (nSPS) is 16.9. The van der Waals surface area contributed by atoms with Crippen LogP contribution in [0.15, 0.2) is 42.5 Å². The number of anilines is 1. The molecule has 156 valence electrons. The van der Waals surface area contributed by atoms with Gasteiger partial charge in [0.1, 0.15) is 5.75 Å². The van der Waals surface area contributed by atoms with Gasteiger partial charge in [-0.3, -0.25) is 9.10 Å². The summed E-state index contributed by atoms with van der Waals surface area (Å²) >= 11 is 0. The van der Waals surface area contributed by atoms with Gasteiger partial charge >= 0.3 is 0 Å². The van der Waals surface area contributed by atoms with E-state index < -0.39 is 10.0 Å². The van der Waals surface area contributed by atoms with E-state index in [1.807, 2.05) is 32.0 Å². The number of ether oxygens (including phenoxy) is 1. The van der Waals surface area contributed by atoms with Gasteiger partial charge in [0, 0.05) is 12.1 Å². The highest BCUT2D eigenvalue weighted by Gasteiger charge is 2.26. The van der Waals surface area contributed by atoms with E-state index in [-0.39, 0.29) is 17.7 Å². The number of nitrogens with one attached hydrogen (secondary N) is 1. The molecule has 1 amide bonds. The monoisotopic (exact) mass is 416 g/mol. The van der Waals surface area contributed by atoms with Crippen molar-refractivity contribution in [2.24, 2.45) is 0 Å². The fraction of sp³-hybridized carbons (Fsp3) is 0.409. The number of aryl methyl sites for hydroxylation is 1. The Kier molecular flexibility index (Phi) is 6.47. The van der Waals surface area contributed by atoms with E-state index in [0.29, 0.717) is 24.2 Å². The predicted octanol–water partition coefficient (Wildman–Crippen LogP) is 3.81. The van der Waals surface area contributed by atoms with Crippen molar-refractivity contribution in [3.05, 3.63) is 59.2 Å². The first kappa shape index (κ1) is 21.2. The number of benzene rings is 2. The molecule has 0 spiro atoms. The predicted molar refractivity (Wildman–Crippen MR) is 115 cm³/mol. The maximum Gasteiger partial charge on any atom is 0.251 e. The van der Waals surface area contributed by atoms with Crippen molar-refractivity contribution in [1.82, 2.24) is 5.32 Å². The second kappa shape index (κ2) is 8.86. The second-order valence-corrected chi connectivity index (χ2v) is 9.32. The van der Waals surface area contributed by atoms with Gasteiger partial charge in [-0.25, -0.2) is 8.42 Å². The average Bonchev–Trinajstić information content (AvgIpc) is 2.71. The Bertz CT molecular complexity index is 988. The minimum atomic E-state index is -3.31. The third-order valence-corrected chi connectivity index (χ3v) is 7.15. The molecule has 1 aliphatic heterocycles. The molecule has 1 unspecified atom stereocenters. The Morgan fingerprint density at radius 2 is 2.00 bits per heavy atom. The van der Waals surface area contributed by atoms with Gasteiger partial charge in [-0.05, 0) is 61.6 Å². The van der Waals surface area contributed by atoms with E-state index in [1.54, 1.807) is 31.4 Å². The van der Waals surface area contributed by atoms with Gasteiger partial charge in [0.25, 0.3) is 5.91 Å². The summed E-state index contributed by atoms with van der Waals surface area (Å²) in [5.74, 6) is 0.741. The van der Waals surface area contributed by atoms with Gasteiger partial charge in [-0.2, -0.15) is 0 Å². The van der Waals surface area contributed by atoms with E-state index in [0.717, 1.165) is 29.7 Å². The van der Waals surface area contributed by atoms with Crippen LogP contribution in [0.4, 0.5) is 5.69 Å². The molecule has 6 nitrogen and oxygen atoms in total. The SMILES string of the molecule is CCC(NC(=O)c1cccc(N2CCCCS2(=O)=O)c1)c1ccc(OC)c(C)c1. The molecule has 0 aliphatic carbocycles. The zero-order valence-electron chi connectivity index (χ0n) is 17.1. The Labute approximate surface area is 172 Å². The molecule has 7 heteroatoms.